The van der Waals surface area contributed by atoms with Crippen LogP contribution in [0.2, 0.25) is 0 Å². The fraction of sp³-hybridized carbons (Fsp3) is 0.231. The molecule has 98 valence electrons. The summed E-state index contributed by atoms with van der Waals surface area (Å²) in [6.07, 6.45) is 5.83. The lowest BCUT2D eigenvalue weighted by atomic mass is 10.2. The minimum atomic E-state index is -0.197. The van der Waals surface area contributed by atoms with E-state index in [-0.39, 0.29) is 17.9 Å². The standard InChI is InChI=1S/C13H14N4O2/c1-16(2)11-4-3-5-17(13(11)19)8-12(18)10-6-14-9-15-7-10/h3-7,9H,8H2,1-2H3. The number of rotatable bonds is 4. The van der Waals surface area contributed by atoms with Crippen molar-refractivity contribution < 1.29 is 4.79 Å². The number of aromatic nitrogens is 3. The molecule has 2 rings (SSSR count). The third-order valence-corrected chi connectivity index (χ3v) is 2.68. The number of nitrogens with zero attached hydrogens (tertiary/aromatic N) is 4. The predicted molar refractivity (Wildman–Crippen MR) is 71.4 cm³/mol. The van der Waals surface area contributed by atoms with Crippen LogP contribution in [0.5, 0.6) is 0 Å². The highest BCUT2D eigenvalue weighted by Gasteiger charge is 2.10. The number of ketones is 1. The van der Waals surface area contributed by atoms with E-state index in [1.807, 2.05) is 0 Å². The van der Waals surface area contributed by atoms with Gasteiger partial charge in [-0.2, -0.15) is 0 Å². The number of carbonyl (C=O) groups is 1. The van der Waals surface area contributed by atoms with Crippen molar-refractivity contribution in [2.24, 2.45) is 0 Å². The van der Waals surface area contributed by atoms with Crippen LogP contribution in [0, 0.1) is 0 Å². The van der Waals surface area contributed by atoms with E-state index in [1.54, 1.807) is 37.3 Å². The normalized spacial score (nSPS) is 10.2. The highest BCUT2D eigenvalue weighted by Crippen LogP contribution is 2.03. The lowest BCUT2D eigenvalue weighted by Crippen LogP contribution is -2.28. The molecule has 0 fully saturated rings. The summed E-state index contributed by atoms with van der Waals surface area (Å²) in [4.78, 5) is 33.4. The second-order valence-corrected chi connectivity index (χ2v) is 4.27. The van der Waals surface area contributed by atoms with Crippen LogP contribution in [-0.2, 0) is 6.54 Å². The third-order valence-electron chi connectivity index (χ3n) is 2.68. The minimum Gasteiger partial charge on any atom is -0.373 e. The average molecular weight is 258 g/mol. The van der Waals surface area contributed by atoms with Crippen LogP contribution < -0.4 is 10.5 Å². The van der Waals surface area contributed by atoms with Gasteiger partial charge in [0.1, 0.15) is 12.0 Å². The minimum absolute atomic E-state index is 0.0200. The highest BCUT2D eigenvalue weighted by molar-refractivity contribution is 5.95. The maximum Gasteiger partial charge on any atom is 0.274 e. The van der Waals surface area contributed by atoms with E-state index in [2.05, 4.69) is 9.97 Å². The topological polar surface area (TPSA) is 68.1 Å². The first-order chi connectivity index (χ1) is 9.09. The smallest absolute Gasteiger partial charge is 0.274 e. The van der Waals surface area contributed by atoms with Gasteiger partial charge in [-0.25, -0.2) is 9.97 Å². The van der Waals surface area contributed by atoms with Crippen LogP contribution in [0.3, 0.4) is 0 Å². The van der Waals surface area contributed by atoms with Crippen molar-refractivity contribution in [3.05, 3.63) is 53.0 Å². The van der Waals surface area contributed by atoms with E-state index in [0.717, 1.165) is 0 Å². The molecular weight excluding hydrogens is 244 g/mol. The largest absolute Gasteiger partial charge is 0.373 e. The van der Waals surface area contributed by atoms with E-state index in [1.165, 1.54) is 23.3 Å². The Labute approximate surface area is 110 Å². The van der Waals surface area contributed by atoms with Gasteiger partial charge in [0.2, 0.25) is 0 Å². The monoisotopic (exact) mass is 258 g/mol. The van der Waals surface area contributed by atoms with Crippen molar-refractivity contribution >= 4 is 11.5 Å². The van der Waals surface area contributed by atoms with Gasteiger partial charge in [0, 0.05) is 32.7 Å². The van der Waals surface area contributed by atoms with Crippen LogP contribution >= 0.6 is 0 Å². The van der Waals surface area contributed by atoms with Gasteiger partial charge in [0.25, 0.3) is 5.56 Å². The molecule has 2 aromatic heterocycles. The van der Waals surface area contributed by atoms with Crippen molar-refractivity contribution in [1.82, 2.24) is 14.5 Å². The Hall–Kier alpha value is -2.50. The average Bonchev–Trinajstić information content (AvgIpc) is 2.41. The van der Waals surface area contributed by atoms with Gasteiger partial charge in [0.15, 0.2) is 5.78 Å². The molecule has 0 spiro atoms. The second kappa shape index (κ2) is 5.43. The molecule has 19 heavy (non-hydrogen) atoms. The zero-order chi connectivity index (χ0) is 13.8. The van der Waals surface area contributed by atoms with Gasteiger partial charge >= 0.3 is 0 Å². The predicted octanol–water partition coefficient (Wildman–Crippen LogP) is 0.587. The van der Waals surface area contributed by atoms with Crippen LogP contribution in [-0.4, -0.2) is 34.4 Å². The first kappa shape index (κ1) is 12.9. The molecule has 0 atom stereocenters. The summed E-state index contributed by atoms with van der Waals surface area (Å²) in [5.74, 6) is -0.196. The zero-order valence-electron chi connectivity index (χ0n) is 10.8. The maximum atomic E-state index is 12.1. The SMILES string of the molecule is CN(C)c1cccn(CC(=O)c2cncnc2)c1=O. The molecule has 0 aliphatic heterocycles. The Bertz CT molecular complexity index is 635. The van der Waals surface area contributed by atoms with Gasteiger partial charge < -0.3 is 9.47 Å². The van der Waals surface area contributed by atoms with Crippen molar-refractivity contribution in [2.45, 2.75) is 6.54 Å². The Morgan fingerprint density at radius 1 is 1.32 bits per heavy atom. The molecule has 0 aliphatic rings. The van der Waals surface area contributed by atoms with E-state index in [0.29, 0.717) is 11.3 Å². The molecule has 6 heteroatoms. The van der Waals surface area contributed by atoms with Crippen molar-refractivity contribution in [3.63, 3.8) is 0 Å². The van der Waals surface area contributed by atoms with Crippen LogP contribution in [0.15, 0.2) is 41.8 Å². The molecule has 0 aliphatic carbocycles. The van der Waals surface area contributed by atoms with E-state index in [4.69, 9.17) is 0 Å². The molecule has 0 aromatic carbocycles. The van der Waals surface area contributed by atoms with Gasteiger partial charge in [0.05, 0.1) is 12.1 Å². The van der Waals surface area contributed by atoms with E-state index in [9.17, 15) is 9.59 Å². The van der Waals surface area contributed by atoms with Gasteiger partial charge in [-0.05, 0) is 12.1 Å². The fourth-order valence-electron chi connectivity index (χ4n) is 1.68. The fourth-order valence-corrected chi connectivity index (χ4v) is 1.68. The summed E-state index contributed by atoms with van der Waals surface area (Å²) in [5.41, 5.74) is 0.738. The lowest BCUT2D eigenvalue weighted by molar-refractivity contribution is 0.0970. The van der Waals surface area contributed by atoms with E-state index >= 15 is 0 Å². The summed E-state index contributed by atoms with van der Waals surface area (Å²) in [7, 11) is 3.57. The summed E-state index contributed by atoms with van der Waals surface area (Å²) in [5, 5.41) is 0. The first-order valence-corrected chi connectivity index (χ1v) is 5.74. The second-order valence-electron chi connectivity index (χ2n) is 4.27. The first-order valence-electron chi connectivity index (χ1n) is 5.74. The van der Waals surface area contributed by atoms with Crippen LogP contribution in [0.25, 0.3) is 0 Å². The number of pyridine rings is 1. The molecule has 0 bridgehead atoms. The number of anilines is 1. The molecular formula is C13H14N4O2. The van der Waals surface area contributed by atoms with Crippen molar-refractivity contribution in [1.29, 1.82) is 0 Å². The van der Waals surface area contributed by atoms with Crippen molar-refractivity contribution in [3.8, 4) is 0 Å². The Morgan fingerprint density at radius 2 is 2.00 bits per heavy atom. The van der Waals surface area contributed by atoms with Gasteiger partial charge in [-0.3, -0.25) is 9.59 Å². The summed E-state index contributed by atoms with van der Waals surface area (Å²) < 4.78 is 1.38. The Kier molecular flexibility index (Phi) is 3.70. The molecule has 0 amide bonds. The molecule has 0 radical (unpaired) electrons. The number of Topliss-reactive ketones (excluding diaryl/α,β-unsaturated/α-hetero) is 1. The van der Waals surface area contributed by atoms with Crippen LogP contribution in [0.4, 0.5) is 5.69 Å². The van der Waals surface area contributed by atoms with Gasteiger partial charge in [-0.15, -0.1) is 0 Å². The Balaban J connectivity index is 2.28. The molecule has 2 heterocycles. The summed E-state index contributed by atoms with van der Waals surface area (Å²) in [6.45, 7) is -0.0200. The molecule has 0 unspecified atom stereocenters. The number of hydrogen-bond acceptors (Lipinski definition) is 5. The summed E-state index contributed by atoms with van der Waals surface area (Å²) >= 11 is 0. The Morgan fingerprint density at radius 3 is 2.63 bits per heavy atom. The summed E-state index contributed by atoms with van der Waals surface area (Å²) in [6, 6.07) is 3.46. The zero-order valence-corrected chi connectivity index (χ0v) is 10.8. The number of carbonyl (C=O) groups excluding carboxylic acids is 1. The van der Waals surface area contributed by atoms with Crippen LogP contribution in [0.1, 0.15) is 10.4 Å². The lowest BCUT2D eigenvalue weighted by Gasteiger charge is -2.13. The number of hydrogen-bond donors (Lipinski definition) is 0. The van der Waals surface area contributed by atoms with E-state index < -0.39 is 0 Å². The van der Waals surface area contributed by atoms with Crippen molar-refractivity contribution in [2.75, 3.05) is 19.0 Å². The molecule has 2 aromatic rings. The molecule has 0 saturated carbocycles. The maximum absolute atomic E-state index is 12.1. The third kappa shape index (κ3) is 2.85. The highest BCUT2D eigenvalue weighted by atomic mass is 16.1. The molecule has 6 nitrogen and oxygen atoms in total. The molecule has 0 N–H and O–H groups in total. The van der Waals surface area contributed by atoms with Gasteiger partial charge in [-0.1, -0.05) is 0 Å². The quantitative estimate of drug-likeness (QED) is 0.751. The molecule has 0 saturated heterocycles.